The Morgan fingerprint density at radius 1 is 1.30 bits per heavy atom. The third-order valence-electron chi connectivity index (χ3n) is 4.17. The number of nitrogens with two attached hydrogens (primary N) is 1. The van der Waals surface area contributed by atoms with E-state index in [-0.39, 0.29) is 24.3 Å². The highest BCUT2D eigenvalue weighted by Gasteiger charge is 2.39. The van der Waals surface area contributed by atoms with Crippen LogP contribution in [0.4, 0.5) is 4.79 Å². The molecule has 106 valence electrons. The molecule has 1 saturated carbocycles. The summed E-state index contributed by atoms with van der Waals surface area (Å²) in [6.07, 6.45) is 0.645. The maximum atomic E-state index is 12.1. The Morgan fingerprint density at radius 3 is 2.80 bits per heavy atom. The number of Topliss-reactive ketones (excluding diaryl/α,β-unsaturated/α-hetero) is 1. The van der Waals surface area contributed by atoms with E-state index in [9.17, 15) is 9.59 Å². The van der Waals surface area contributed by atoms with E-state index in [1.807, 2.05) is 12.1 Å². The number of ketones is 1. The molecule has 5 nitrogen and oxygen atoms in total. The largest absolute Gasteiger partial charge is 0.446 e. The van der Waals surface area contributed by atoms with Gasteiger partial charge in [0.25, 0.3) is 0 Å². The van der Waals surface area contributed by atoms with Crippen molar-refractivity contribution >= 4 is 11.9 Å². The maximum absolute atomic E-state index is 12.1. The molecule has 1 fully saturated rings. The SMILES string of the molecule is NC(=O)OC1CC(=O)C(N2CCc3ccccc3C2)C1. The molecule has 1 heterocycles. The molecule has 0 bridgehead atoms. The molecule has 2 N–H and O–H groups in total. The van der Waals surface area contributed by atoms with Crippen molar-refractivity contribution in [3.63, 3.8) is 0 Å². The first-order chi connectivity index (χ1) is 9.63. The van der Waals surface area contributed by atoms with E-state index in [0.717, 1.165) is 19.5 Å². The molecule has 1 amide bonds. The number of ether oxygens (including phenoxy) is 1. The van der Waals surface area contributed by atoms with Gasteiger partial charge in [0.2, 0.25) is 0 Å². The molecule has 1 aliphatic heterocycles. The molecule has 0 radical (unpaired) electrons. The standard InChI is InChI=1S/C15H18N2O3/c16-15(19)20-12-7-13(14(18)8-12)17-6-5-10-3-1-2-4-11(10)9-17/h1-4,12-13H,5-9H2,(H2,16,19). The molecule has 1 aromatic rings. The first-order valence-electron chi connectivity index (χ1n) is 6.93. The van der Waals surface area contributed by atoms with Crippen LogP contribution in [0, 0.1) is 0 Å². The number of carbonyl (C=O) groups is 2. The molecule has 1 aromatic carbocycles. The zero-order valence-electron chi connectivity index (χ0n) is 11.2. The van der Waals surface area contributed by atoms with Gasteiger partial charge in [0.05, 0.1) is 6.04 Å². The minimum Gasteiger partial charge on any atom is -0.446 e. The van der Waals surface area contributed by atoms with Gasteiger partial charge in [-0.25, -0.2) is 4.79 Å². The Morgan fingerprint density at radius 2 is 2.05 bits per heavy atom. The number of carbonyl (C=O) groups excluding carboxylic acids is 2. The fourth-order valence-electron chi connectivity index (χ4n) is 3.21. The third kappa shape index (κ3) is 2.54. The molecule has 2 atom stereocenters. The monoisotopic (exact) mass is 274 g/mol. The zero-order valence-corrected chi connectivity index (χ0v) is 11.2. The lowest BCUT2D eigenvalue weighted by Gasteiger charge is -2.32. The Balaban J connectivity index is 1.69. The lowest BCUT2D eigenvalue weighted by molar-refractivity contribution is -0.122. The van der Waals surface area contributed by atoms with Crippen LogP contribution in [-0.4, -0.2) is 35.5 Å². The van der Waals surface area contributed by atoms with E-state index in [4.69, 9.17) is 10.5 Å². The minimum atomic E-state index is -0.799. The molecular weight excluding hydrogens is 256 g/mol. The van der Waals surface area contributed by atoms with Crippen molar-refractivity contribution in [3.8, 4) is 0 Å². The zero-order chi connectivity index (χ0) is 14.1. The van der Waals surface area contributed by atoms with Crippen molar-refractivity contribution in [1.82, 2.24) is 4.90 Å². The number of primary amides is 1. The summed E-state index contributed by atoms with van der Waals surface area (Å²) in [4.78, 5) is 25.1. The molecule has 0 spiro atoms. The summed E-state index contributed by atoms with van der Waals surface area (Å²) in [5.74, 6) is 0.149. The molecule has 5 heteroatoms. The summed E-state index contributed by atoms with van der Waals surface area (Å²) in [7, 11) is 0. The van der Waals surface area contributed by atoms with Crippen LogP contribution < -0.4 is 5.73 Å². The maximum Gasteiger partial charge on any atom is 0.404 e. The van der Waals surface area contributed by atoms with Gasteiger partial charge in [0.15, 0.2) is 5.78 Å². The van der Waals surface area contributed by atoms with Crippen molar-refractivity contribution in [2.75, 3.05) is 6.54 Å². The van der Waals surface area contributed by atoms with Crippen LogP contribution in [0.5, 0.6) is 0 Å². The normalized spacial score (nSPS) is 26.3. The smallest absolute Gasteiger partial charge is 0.404 e. The lowest BCUT2D eigenvalue weighted by Crippen LogP contribution is -2.41. The van der Waals surface area contributed by atoms with E-state index in [1.165, 1.54) is 11.1 Å². The highest BCUT2D eigenvalue weighted by molar-refractivity contribution is 5.87. The van der Waals surface area contributed by atoms with E-state index >= 15 is 0 Å². The van der Waals surface area contributed by atoms with Gasteiger partial charge in [-0.15, -0.1) is 0 Å². The summed E-state index contributed by atoms with van der Waals surface area (Å²) in [6.45, 7) is 1.66. The molecule has 20 heavy (non-hydrogen) atoms. The fraction of sp³-hybridized carbons (Fsp3) is 0.467. The van der Waals surface area contributed by atoms with Crippen molar-refractivity contribution in [3.05, 3.63) is 35.4 Å². The summed E-state index contributed by atoms with van der Waals surface area (Å²) >= 11 is 0. The molecule has 2 unspecified atom stereocenters. The topological polar surface area (TPSA) is 72.6 Å². The number of benzene rings is 1. The summed E-state index contributed by atoms with van der Waals surface area (Å²) in [6, 6.07) is 8.18. The van der Waals surface area contributed by atoms with Gasteiger partial charge in [-0.2, -0.15) is 0 Å². The van der Waals surface area contributed by atoms with Gasteiger partial charge in [0, 0.05) is 25.9 Å². The van der Waals surface area contributed by atoms with Crippen LogP contribution >= 0.6 is 0 Å². The van der Waals surface area contributed by atoms with E-state index in [1.54, 1.807) is 0 Å². The number of hydrogen-bond acceptors (Lipinski definition) is 4. The second kappa shape index (κ2) is 5.25. The quantitative estimate of drug-likeness (QED) is 0.880. The first-order valence-corrected chi connectivity index (χ1v) is 6.93. The van der Waals surface area contributed by atoms with Crippen molar-refractivity contribution in [2.45, 2.75) is 38.0 Å². The van der Waals surface area contributed by atoms with E-state index < -0.39 is 6.09 Å². The van der Waals surface area contributed by atoms with Gasteiger partial charge < -0.3 is 10.5 Å². The summed E-state index contributed by atoms with van der Waals surface area (Å²) in [5.41, 5.74) is 7.66. The highest BCUT2D eigenvalue weighted by atomic mass is 16.6. The van der Waals surface area contributed by atoms with Crippen LogP contribution in [-0.2, 0) is 22.5 Å². The van der Waals surface area contributed by atoms with Crippen LogP contribution in [0.25, 0.3) is 0 Å². The number of hydrogen-bond donors (Lipinski definition) is 1. The van der Waals surface area contributed by atoms with Gasteiger partial charge in [-0.05, 0) is 17.5 Å². The lowest BCUT2D eigenvalue weighted by atomic mass is 9.98. The van der Waals surface area contributed by atoms with Gasteiger partial charge in [-0.3, -0.25) is 9.69 Å². The Bertz CT molecular complexity index is 544. The molecule has 2 aliphatic rings. The number of nitrogens with zero attached hydrogens (tertiary/aromatic N) is 1. The third-order valence-corrected chi connectivity index (χ3v) is 4.17. The van der Waals surface area contributed by atoms with Crippen LogP contribution in [0.1, 0.15) is 24.0 Å². The first kappa shape index (κ1) is 13.1. The van der Waals surface area contributed by atoms with Crippen molar-refractivity contribution < 1.29 is 14.3 Å². The predicted octanol–water partition coefficient (Wildman–Crippen LogP) is 1.24. The minimum absolute atomic E-state index is 0.146. The Labute approximate surface area is 117 Å². The summed E-state index contributed by atoms with van der Waals surface area (Å²) < 4.78 is 4.96. The Hall–Kier alpha value is -1.88. The second-order valence-electron chi connectivity index (χ2n) is 5.47. The fourth-order valence-corrected chi connectivity index (χ4v) is 3.21. The second-order valence-corrected chi connectivity index (χ2v) is 5.47. The average molecular weight is 274 g/mol. The molecule has 3 rings (SSSR count). The highest BCUT2D eigenvalue weighted by Crippen LogP contribution is 2.28. The van der Waals surface area contributed by atoms with E-state index in [0.29, 0.717) is 6.42 Å². The van der Waals surface area contributed by atoms with Crippen LogP contribution in [0.3, 0.4) is 0 Å². The molecular formula is C15H18N2O3. The summed E-state index contributed by atoms with van der Waals surface area (Å²) in [5, 5.41) is 0. The van der Waals surface area contributed by atoms with Gasteiger partial charge >= 0.3 is 6.09 Å². The van der Waals surface area contributed by atoms with Crippen LogP contribution in [0.2, 0.25) is 0 Å². The van der Waals surface area contributed by atoms with Gasteiger partial charge in [-0.1, -0.05) is 24.3 Å². The number of rotatable bonds is 2. The van der Waals surface area contributed by atoms with Crippen LogP contribution in [0.15, 0.2) is 24.3 Å². The molecule has 0 aromatic heterocycles. The molecule has 1 aliphatic carbocycles. The predicted molar refractivity (Wildman–Crippen MR) is 73.0 cm³/mol. The van der Waals surface area contributed by atoms with E-state index in [2.05, 4.69) is 17.0 Å². The van der Waals surface area contributed by atoms with Crippen molar-refractivity contribution in [2.24, 2.45) is 5.73 Å². The average Bonchev–Trinajstić information content (AvgIpc) is 2.78. The Kier molecular flexibility index (Phi) is 3.44. The van der Waals surface area contributed by atoms with Gasteiger partial charge in [0.1, 0.15) is 6.10 Å². The number of amides is 1. The van der Waals surface area contributed by atoms with Crippen molar-refractivity contribution in [1.29, 1.82) is 0 Å². The molecule has 0 saturated heterocycles. The number of fused-ring (bicyclic) bond motifs is 1.